The van der Waals surface area contributed by atoms with Gasteiger partial charge >= 0.3 is 0 Å². The zero-order valence-corrected chi connectivity index (χ0v) is 21.6. The molecule has 2 aromatic carbocycles. The Morgan fingerprint density at radius 1 is 1.11 bits per heavy atom. The van der Waals surface area contributed by atoms with Crippen molar-refractivity contribution in [3.63, 3.8) is 0 Å². The second-order valence-electron chi connectivity index (χ2n) is 9.65. The summed E-state index contributed by atoms with van der Waals surface area (Å²) < 4.78 is 19.0. The Balaban J connectivity index is 1.49. The predicted molar refractivity (Wildman–Crippen MR) is 139 cm³/mol. The maximum Gasteiger partial charge on any atom is 0.258 e. The Morgan fingerprint density at radius 2 is 1.81 bits per heavy atom. The third-order valence-electron chi connectivity index (χ3n) is 6.45. The summed E-state index contributed by atoms with van der Waals surface area (Å²) >= 11 is 5.68. The molecule has 0 aliphatic heterocycles. The second kappa shape index (κ2) is 12.9. The van der Waals surface area contributed by atoms with Crippen molar-refractivity contribution in [1.82, 2.24) is 10.6 Å². The summed E-state index contributed by atoms with van der Waals surface area (Å²) in [7, 11) is 3.91. The highest BCUT2D eigenvalue weighted by molar-refractivity contribution is 6.30. The lowest BCUT2D eigenvalue weighted by Gasteiger charge is -2.39. The number of nitrogens with one attached hydrogen (secondary N) is 2. The molecule has 3 rings (SSSR count). The third-order valence-corrected chi connectivity index (χ3v) is 6.76. The monoisotopic (exact) mass is 519 g/mol. The number of halogens is 2. The second-order valence-corrected chi connectivity index (χ2v) is 10.1. The van der Waals surface area contributed by atoms with Crippen LogP contribution >= 0.6 is 11.6 Å². The van der Waals surface area contributed by atoms with Crippen molar-refractivity contribution >= 4 is 29.1 Å². The summed E-state index contributed by atoms with van der Waals surface area (Å²) in [6.45, 7) is -0.172. The number of rotatable bonds is 11. The van der Waals surface area contributed by atoms with Crippen LogP contribution in [0.25, 0.3) is 0 Å². The Bertz CT molecular complexity index is 1030. The van der Waals surface area contributed by atoms with Gasteiger partial charge in [0.2, 0.25) is 5.91 Å². The van der Waals surface area contributed by atoms with Crippen molar-refractivity contribution in [2.24, 2.45) is 0 Å². The molecule has 3 N–H and O–H groups in total. The normalized spacial score (nSPS) is 15.6. The Labute approximate surface area is 217 Å². The van der Waals surface area contributed by atoms with E-state index in [0.717, 1.165) is 49.4 Å². The minimum atomic E-state index is -0.810. The number of ether oxygens (including phenoxy) is 1. The van der Waals surface area contributed by atoms with Crippen LogP contribution in [0.4, 0.5) is 10.1 Å². The molecule has 196 valence electrons. The van der Waals surface area contributed by atoms with E-state index in [0.29, 0.717) is 6.42 Å². The quantitative estimate of drug-likeness (QED) is 0.419. The Hall–Kier alpha value is -2.84. The molecule has 0 spiro atoms. The molecule has 0 saturated heterocycles. The largest absolute Gasteiger partial charge is 0.484 e. The fourth-order valence-electron chi connectivity index (χ4n) is 4.57. The lowest BCUT2D eigenvalue weighted by molar-refractivity contribution is -0.126. The van der Waals surface area contributed by atoms with Crippen molar-refractivity contribution in [2.75, 3.05) is 32.1 Å². The molecule has 1 atom stereocenters. The van der Waals surface area contributed by atoms with Gasteiger partial charge in [-0.2, -0.15) is 0 Å². The van der Waals surface area contributed by atoms with Crippen LogP contribution in [0.15, 0.2) is 42.5 Å². The van der Waals surface area contributed by atoms with E-state index in [1.54, 1.807) is 0 Å². The van der Waals surface area contributed by atoms with Crippen LogP contribution in [0.5, 0.6) is 5.75 Å². The van der Waals surface area contributed by atoms with Crippen molar-refractivity contribution in [2.45, 2.75) is 56.6 Å². The van der Waals surface area contributed by atoms with Crippen molar-refractivity contribution < 1.29 is 23.8 Å². The molecule has 1 aliphatic carbocycles. The standard InChI is InChI=1S/C27H35ClFN3O4/c1-32(2)20-8-6-19(7-9-20)14-25(34)30-17-21(33)16-27(12-4-3-5-13-27)31-26(35)18-36-22-10-11-23(28)24(29)15-22/h6-11,15,21,33H,3-5,12-14,16-18H2,1-2H3,(H,30,34)(H,31,35). The van der Waals surface area contributed by atoms with E-state index in [1.165, 1.54) is 12.1 Å². The molecule has 9 heteroatoms. The van der Waals surface area contributed by atoms with E-state index in [1.807, 2.05) is 43.3 Å². The first-order valence-corrected chi connectivity index (χ1v) is 12.6. The number of nitrogens with zero attached hydrogens (tertiary/aromatic N) is 1. The topological polar surface area (TPSA) is 90.9 Å². The van der Waals surface area contributed by atoms with Gasteiger partial charge in [-0.15, -0.1) is 0 Å². The molecule has 0 aromatic heterocycles. The molecular weight excluding hydrogens is 485 g/mol. The first kappa shape index (κ1) is 27.7. The van der Waals surface area contributed by atoms with E-state index < -0.39 is 17.5 Å². The first-order valence-electron chi connectivity index (χ1n) is 12.3. The zero-order chi connectivity index (χ0) is 26.1. The molecule has 7 nitrogen and oxygen atoms in total. The maximum absolute atomic E-state index is 13.6. The summed E-state index contributed by atoms with van der Waals surface area (Å²) in [5, 5.41) is 16.5. The van der Waals surface area contributed by atoms with E-state index >= 15 is 0 Å². The number of hydrogen-bond donors (Lipinski definition) is 3. The van der Waals surface area contributed by atoms with E-state index in [4.69, 9.17) is 16.3 Å². The molecular formula is C27H35ClFN3O4. The summed E-state index contributed by atoms with van der Waals surface area (Å²) in [5.41, 5.74) is 1.38. The van der Waals surface area contributed by atoms with E-state index in [9.17, 15) is 19.1 Å². The fourth-order valence-corrected chi connectivity index (χ4v) is 4.69. The molecule has 0 radical (unpaired) electrons. The average Bonchev–Trinajstić information content (AvgIpc) is 2.84. The molecule has 1 aliphatic rings. The summed E-state index contributed by atoms with van der Waals surface area (Å²) in [4.78, 5) is 27.0. The molecule has 1 fully saturated rings. The van der Waals surface area contributed by atoms with Crippen LogP contribution in [0.2, 0.25) is 5.02 Å². The average molecular weight is 520 g/mol. The number of hydrogen-bond acceptors (Lipinski definition) is 5. The Morgan fingerprint density at radius 3 is 2.44 bits per heavy atom. The number of amides is 2. The minimum Gasteiger partial charge on any atom is -0.484 e. The number of anilines is 1. The van der Waals surface area contributed by atoms with Gasteiger partial charge < -0.3 is 25.4 Å². The van der Waals surface area contributed by atoms with Gasteiger partial charge in [0.15, 0.2) is 6.61 Å². The van der Waals surface area contributed by atoms with Gasteiger partial charge in [-0.05, 0) is 49.1 Å². The van der Waals surface area contributed by atoms with Crippen molar-refractivity contribution in [3.05, 3.63) is 58.9 Å². The molecule has 0 bridgehead atoms. The minimum absolute atomic E-state index is 0.0173. The van der Waals surface area contributed by atoms with Gasteiger partial charge in [0.1, 0.15) is 11.6 Å². The zero-order valence-electron chi connectivity index (χ0n) is 20.9. The van der Waals surface area contributed by atoms with Crippen LogP contribution < -0.4 is 20.3 Å². The highest BCUT2D eigenvalue weighted by atomic mass is 35.5. The number of benzene rings is 2. The maximum atomic E-state index is 13.6. The highest BCUT2D eigenvalue weighted by Crippen LogP contribution is 2.32. The SMILES string of the molecule is CN(C)c1ccc(CC(=O)NCC(O)CC2(NC(=O)COc3ccc(Cl)c(F)c3)CCCCC2)cc1. The summed E-state index contributed by atoms with van der Waals surface area (Å²) in [6.07, 6.45) is 4.15. The van der Waals surface area contributed by atoms with Gasteiger partial charge in [-0.1, -0.05) is 43.0 Å². The number of aliphatic hydroxyl groups is 1. The van der Waals surface area contributed by atoms with Crippen LogP contribution in [0, 0.1) is 5.82 Å². The van der Waals surface area contributed by atoms with Gasteiger partial charge in [-0.3, -0.25) is 9.59 Å². The molecule has 1 unspecified atom stereocenters. The van der Waals surface area contributed by atoms with Gasteiger partial charge in [-0.25, -0.2) is 4.39 Å². The Kier molecular flexibility index (Phi) is 9.96. The van der Waals surface area contributed by atoms with E-state index in [2.05, 4.69) is 10.6 Å². The molecule has 36 heavy (non-hydrogen) atoms. The van der Waals surface area contributed by atoms with Gasteiger partial charge in [0, 0.05) is 37.9 Å². The van der Waals surface area contributed by atoms with Crippen molar-refractivity contribution in [3.8, 4) is 5.75 Å². The third kappa shape index (κ3) is 8.38. The molecule has 0 heterocycles. The summed E-state index contributed by atoms with van der Waals surface area (Å²) in [6, 6.07) is 11.8. The number of carbonyl (C=O) groups excluding carboxylic acids is 2. The molecule has 2 amide bonds. The summed E-state index contributed by atoms with van der Waals surface area (Å²) in [5.74, 6) is -0.917. The predicted octanol–water partition coefficient (Wildman–Crippen LogP) is 3.85. The first-order chi connectivity index (χ1) is 17.2. The van der Waals surface area contributed by atoms with Gasteiger partial charge in [0.05, 0.1) is 17.5 Å². The molecule has 1 saturated carbocycles. The van der Waals surface area contributed by atoms with Crippen LogP contribution in [-0.2, 0) is 16.0 Å². The van der Waals surface area contributed by atoms with Gasteiger partial charge in [0.25, 0.3) is 5.91 Å². The fraction of sp³-hybridized carbons (Fsp3) is 0.481. The smallest absolute Gasteiger partial charge is 0.258 e. The van der Waals surface area contributed by atoms with Crippen LogP contribution in [-0.4, -0.2) is 55.8 Å². The lowest BCUT2D eigenvalue weighted by Crippen LogP contribution is -2.54. The number of carbonyl (C=O) groups is 2. The van der Waals surface area contributed by atoms with E-state index in [-0.39, 0.29) is 42.2 Å². The number of aliphatic hydroxyl groups excluding tert-OH is 1. The highest BCUT2D eigenvalue weighted by Gasteiger charge is 2.35. The lowest BCUT2D eigenvalue weighted by atomic mass is 9.77. The molecule has 2 aromatic rings. The van der Waals surface area contributed by atoms with Crippen LogP contribution in [0.3, 0.4) is 0 Å². The van der Waals surface area contributed by atoms with Crippen molar-refractivity contribution in [1.29, 1.82) is 0 Å². The van der Waals surface area contributed by atoms with Crippen LogP contribution in [0.1, 0.15) is 44.1 Å².